The van der Waals surface area contributed by atoms with Gasteiger partial charge in [-0.2, -0.15) is 5.10 Å². The zero-order valence-electron chi connectivity index (χ0n) is 13.8. The molecule has 1 aromatic rings. The maximum atomic E-state index is 12.8. The van der Waals surface area contributed by atoms with Crippen molar-refractivity contribution >= 4 is 5.91 Å². The molecule has 1 aromatic heterocycles. The number of nitrogens with zero attached hydrogens (tertiary/aromatic N) is 3. The minimum Gasteiger partial charge on any atom is -0.336 e. The molecule has 5 nitrogen and oxygen atoms in total. The first-order valence-corrected chi connectivity index (χ1v) is 8.59. The van der Waals surface area contributed by atoms with Gasteiger partial charge in [0.15, 0.2) is 0 Å². The topological polar surface area (TPSA) is 50.2 Å². The number of fused-ring (bicyclic) bond motifs is 5. The van der Waals surface area contributed by atoms with Gasteiger partial charge in [-0.1, -0.05) is 0 Å². The first kappa shape index (κ1) is 14.2. The highest BCUT2D eigenvalue weighted by Crippen LogP contribution is 2.47. The quantitative estimate of drug-likeness (QED) is 0.912. The van der Waals surface area contributed by atoms with Gasteiger partial charge in [0, 0.05) is 44.3 Å². The summed E-state index contributed by atoms with van der Waals surface area (Å²) < 4.78 is 1.92. The van der Waals surface area contributed by atoms with Crippen LogP contribution in [0.2, 0.25) is 0 Å². The monoisotopic (exact) mass is 302 g/mol. The summed E-state index contributed by atoms with van der Waals surface area (Å²) >= 11 is 0. The van der Waals surface area contributed by atoms with Crippen LogP contribution in [0.1, 0.15) is 36.2 Å². The fourth-order valence-corrected chi connectivity index (χ4v) is 5.18. The molecule has 5 heteroatoms. The van der Waals surface area contributed by atoms with Crippen molar-refractivity contribution in [2.24, 2.45) is 18.9 Å². The number of aryl methyl sites for hydroxylation is 2. The maximum absolute atomic E-state index is 12.8. The Balaban J connectivity index is 1.45. The summed E-state index contributed by atoms with van der Waals surface area (Å²) in [5.41, 5.74) is 3.51. The smallest absolute Gasteiger partial charge is 0.223 e. The summed E-state index contributed by atoms with van der Waals surface area (Å²) in [6.07, 6.45) is 3.88. The van der Waals surface area contributed by atoms with Crippen LogP contribution in [0, 0.1) is 25.7 Å². The molecule has 0 aliphatic carbocycles. The number of nitrogens with one attached hydrogen (secondary N) is 1. The van der Waals surface area contributed by atoms with Crippen LogP contribution in [-0.2, 0) is 18.3 Å². The van der Waals surface area contributed by atoms with Gasteiger partial charge >= 0.3 is 0 Å². The summed E-state index contributed by atoms with van der Waals surface area (Å²) in [4.78, 5) is 15.1. The first-order valence-electron chi connectivity index (χ1n) is 8.59. The summed E-state index contributed by atoms with van der Waals surface area (Å²) in [6, 6.07) is 1.02. The summed E-state index contributed by atoms with van der Waals surface area (Å²) in [6.45, 7) is 6.35. The lowest BCUT2D eigenvalue weighted by Gasteiger charge is -2.24. The van der Waals surface area contributed by atoms with Gasteiger partial charge in [0.05, 0.1) is 5.69 Å². The van der Waals surface area contributed by atoms with Crippen LogP contribution in [0.15, 0.2) is 0 Å². The lowest BCUT2D eigenvalue weighted by molar-refractivity contribution is -0.132. The molecule has 0 radical (unpaired) electrons. The van der Waals surface area contributed by atoms with Gasteiger partial charge in [-0.3, -0.25) is 9.48 Å². The third kappa shape index (κ3) is 1.94. The van der Waals surface area contributed by atoms with E-state index in [1.807, 2.05) is 18.7 Å². The molecular weight excluding hydrogens is 276 g/mol. The standard InChI is InChI=1S/C17H26N4O/c1-10-12(11(2)20(3)19-10)4-7-17(22)21-15-5-6-16(21)14-9-18-8-13(14)15/h13-16,18H,4-9H2,1-3H3/t13-,14+,15-,16+. The molecule has 4 rings (SSSR count). The lowest BCUT2D eigenvalue weighted by Crippen LogP contribution is -2.39. The van der Waals surface area contributed by atoms with Crippen LogP contribution in [0.3, 0.4) is 0 Å². The molecule has 2 bridgehead atoms. The van der Waals surface area contributed by atoms with Gasteiger partial charge in [-0.25, -0.2) is 0 Å². The molecule has 3 fully saturated rings. The zero-order valence-corrected chi connectivity index (χ0v) is 13.8. The lowest BCUT2D eigenvalue weighted by atomic mass is 9.82. The van der Waals surface area contributed by atoms with E-state index in [-0.39, 0.29) is 0 Å². The molecular formula is C17H26N4O. The van der Waals surface area contributed by atoms with Crippen molar-refractivity contribution in [2.75, 3.05) is 13.1 Å². The maximum Gasteiger partial charge on any atom is 0.223 e. The fraction of sp³-hybridized carbons (Fsp3) is 0.765. The molecule has 0 aromatic carbocycles. The van der Waals surface area contributed by atoms with E-state index in [0.29, 0.717) is 36.2 Å². The molecule has 0 spiro atoms. The number of hydrogen-bond donors (Lipinski definition) is 1. The normalized spacial score (nSPS) is 32.8. The largest absolute Gasteiger partial charge is 0.336 e. The zero-order chi connectivity index (χ0) is 15.4. The molecule has 4 atom stereocenters. The summed E-state index contributed by atoms with van der Waals surface area (Å²) in [5.74, 6) is 1.79. The number of carbonyl (C=O) groups is 1. The minimum atomic E-state index is 0.365. The van der Waals surface area contributed by atoms with Crippen LogP contribution >= 0.6 is 0 Å². The van der Waals surface area contributed by atoms with Gasteiger partial charge in [0.1, 0.15) is 0 Å². The molecule has 3 aliphatic heterocycles. The van der Waals surface area contributed by atoms with E-state index in [2.05, 4.69) is 22.2 Å². The van der Waals surface area contributed by atoms with Crippen LogP contribution in [0.25, 0.3) is 0 Å². The van der Waals surface area contributed by atoms with Crippen molar-refractivity contribution in [3.05, 3.63) is 17.0 Å². The second-order valence-corrected chi connectivity index (χ2v) is 7.27. The molecule has 22 heavy (non-hydrogen) atoms. The third-order valence-electron chi connectivity index (χ3n) is 6.31. The van der Waals surface area contributed by atoms with E-state index in [0.717, 1.165) is 25.2 Å². The molecule has 1 amide bonds. The van der Waals surface area contributed by atoms with Crippen LogP contribution in [0.5, 0.6) is 0 Å². The first-order chi connectivity index (χ1) is 10.6. The van der Waals surface area contributed by atoms with Gasteiger partial charge in [0.2, 0.25) is 5.91 Å². The molecule has 1 N–H and O–H groups in total. The Morgan fingerprint density at radius 3 is 2.41 bits per heavy atom. The van der Waals surface area contributed by atoms with E-state index in [4.69, 9.17) is 0 Å². The Bertz CT molecular complexity index is 590. The Morgan fingerprint density at radius 2 is 1.86 bits per heavy atom. The fourth-order valence-electron chi connectivity index (χ4n) is 5.18. The number of carbonyl (C=O) groups excluding carboxylic acids is 1. The van der Waals surface area contributed by atoms with Crippen molar-refractivity contribution in [2.45, 2.75) is 51.6 Å². The average Bonchev–Trinajstić information content (AvgIpc) is 3.21. The summed E-state index contributed by atoms with van der Waals surface area (Å²) in [5, 5.41) is 7.97. The van der Waals surface area contributed by atoms with Crippen molar-refractivity contribution < 1.29 is 4.79 Å². The number of aromatic nitrogens is 2. The average molecular weight is 302 g/mol. The predicted octanol–water partition coefficient (Wildman–Crippen LogP) is 1.18. The second-order valence-electron chi connectivity index (χ2n) is 7.27. The molecule has 3 aliphatic rings. The van der Waals surface area contributed by atoms with E-state index < -0.39 is 0 Å². The molecule has 4 heterocycles. The molecule has 0 unspecified atom stereocenters. The Labute approximate surface area is 132 Å². The van der Waals surface area contributed by atoms with Crippen molar-refractivity contribution in [3.63, 3.8) is 0 Å². The molecule has 0 saturated carbocycles. The Hall–Kier alpha value is -1.36. The number of amides is 1. The second kappa shape index (κ2) is 5.08. The Kier molecular flexibility index (Phi) is 3.29. The third-order valence-corrected chi connectivity index (χ3v) is 6.31. The highest BCUT2D eigenvalue weighted by atomic mass is 16.2. The van der Waals surface area contributed by atoms with Gasteiger partial charge in [0.25, 0.3) is 0 Å². The minimum absolute atomic E-state index is 0.365. The highest BCUT2D eigenvalue weighted by molar-refractivity contribution is 5.78. The molecule has 3 saturated heterocycles. The highest BCUT2D eigenvalue weighted by Gasteiger charge is 2.55. The van der Waals surface area contributed by atoms with Crippen molar-refractivity contribution in [3.8, 4) is 0 Å². The molecule has 120 valence electrons. The van der Waals surface area contributed by atoms with E-state index in [1.54, 1.807) is 0 Å². The van der Waals surface area contributed by atoms with Crippen LogP contribution in [-0.4, -0.2) is 45.8 Å². The van der Waals surface area contributed by atoms with Crippen LogP contribution in [0.4, 0.5) is 0 Å². The van der Waals surface area contributed by atoms with Gasteiger partial charge < -0.3 is 10.2 Å². The summed E-state index contributed by atoms with van der Waals surface area (Å²) in [7, 11) is 1.97. The van der Waals surface area contributed by atoms with E-state index in [1.165, 1.54) is 24.1 Å². The number of rotatable bonds is 3. The Morgan fingerprint density at radius 1 is 1.23 bits per heavy atom. The van der Waals surface area contributed by atoms with Crippen molar-refractivity contribution in [1.29, 1.82) is 0 Å². The van der Waals surface area contributed by atoms with Crippen LogP contribution < -0.4 is 5.32 Å². The van der Waals surface area contributed by atoms with Gasteiger partial charge in [-0.05, 0) is 50.5 Å². The predicted molar refractivity (Wildman–Crippen MR) is 84.5 cm³/mol. The SMILES string of the molecule is Cc1nn(C)c(C)c1CCC(=O)N1[C@@H]2CC[C@H]1[C@H]1CNC[C@H]12. The van der Waals surface area contributed by atoms with Gasteiger partial charge in [-0.15, -0.1) is 0 Å². The number of hydrogen-bond acceptors (Lipinski definition) is 3. The van der Waals surface area contributed by atoms with E-state index >= 15 is 0 Å². The van der Waals surface area contributed by atoms with E-state index in [9.17, 15) is 4.79 Å². The van der Waals surface area contributed by atoms with Crippen molar-refractivity contribution in [1.82, 2.24) is 20.0 Å².